The molecular weight excluding hydrogens is 242 g/mol. The topological polar surface area (TPSA) is 98.2 Å². The Bertz CT molecular complexity index is 446. The van der Waals surface area contributed by atoms with E-state index in [4.69, 9.17) is 11.5 Å². The predicted molar refractivity (Wildman–Crippen MR) is 74.3 cm³/mol. The fourth-order valence-electron chi connectivity index (χ4n) is 1.82. The van der Waals surface area contributed by atoms with Crippen molar-refractivity contribution < 1.29 is 9.59 Å². The lowest BCUT2D eigenvalue weighted by molar-refractivity contribution is -0.121. The van der Waals surface area contributed by atoms with Gasteiger partial charge in [-0.25, -0.2) is 0 Å². The Morgan fingerprint density at radius 1 is 1.37 bits per heavy atom. The fraction of sp³-hybridized carbons (Fsp3) is 0.429. The number of nitrogens with one attached hydrogen (secondary N) is 1. The fourth-order valence-corrected chi connectivity index (χ4v) is 1.82. The molecule has 5 N–H and O–H groups in total. The first kappa shape index (κ1) is 15.2. The Labute approximate surface area is 113 Å². The summed E-state index contributed by atoms with van der Waals surface area (Å²) in [6, 6.07) is 6.80. The normalized spacial score (nSPS) is 11.9. The van der Waals surface area contributed by atoms with Crippen molar-refractivity contribution >= 4 is 11.8 Å². The molecule has 1 aromatic carbocycles. The van der Waals surface area contributed by atoms with E-state index in [0.29, 0.717) is 18.5 Å². The van der Waals surface area contributed by atoms with Crippen LogP contribution < -0.4 is 16.8 Å². The number of carbonyl (C=O) groups excluding carboxylic acids is 2. The molecule has 1 unspecified atom stereocenters. The zero-order valence-corrected chi connectivity index (χ0v) is 11.2. The molecule has 1 rings (SSSR count). The monoisotopic (exact) mass is 263 g/mol. The maximum Gasteiger partial charge on any atom is 0.248 e. The van der Waals surface area contributed by atoms with Gasteiger partial charge in [-0.2, -0.15) is 0 Å². The van der Waals surface area contributed by atoms with Crippen LogP contribution in [0.3, 0.4) is 0 Å². The first-order valence-electron chi connectivity index (χ1n) is 6.44. The van der Waals surface area contributed by atoms with Crippen molar-refractivity contribution in [2.45, 2.75) is 38.8 Å². The highest BCUT2D eigenvalue weighted by Crippen LogP contribution is 2.05. The number of benzene rings is 1. The summed E-state index contributed by atoms with van der Waals surface area (Å²) in [5.74, 6) is -0.552. The van der Waals surface area contributed by atoms with E-state index in [1.54, 1.807) is 18.2 Å². The van der Waals surface area contributed by atoms with E-state index in [1.807, 2.05) is 13.0 Å². The number of hydrogen-bond acceptors (Lipinski definition) is 3. The molecule has 5 nitrogen and oxygen atoms in total. The van der Waals surface area contributed by atoms with Gasteiger partial charge in [0, 0.05) is 24.6 Å². The molecule has 0 aliphatic rings. The summed E-state index contributed by atoms with van der Waals surface area (Å²) >= 11 is 0. The summed E-state index contributed by atoms with van der Waals surface area (Å²) in [5.41, 5.74) is 12.3. The van der Waals surface area contributed by atoms with Crippen LogP contribution in [0.1, 0.15) is 42.1 Å². The van der Waals surface area contributed by atoms with Crippen LogP contribution in [0, 0.1) is 0 Å². The molecule has 0 saturated carbocycles. The van der Waals surface area contributed by atoms with Crippen molar-refractivity contribution in [1.82, 2.24) is 5.32 Å². The number of nitrogens with two attached hydrogens (primary N) is 2. The first-order valence-corrected chi connectivity index (χ1v) is 6.44. The van der Waals surface area contributed by atoms with Gasteiger partial charge in [-0.15, -0.1) is 0 Å². The average Bonchev–Trinajstić information content (AvgIpc) is 2.37. The van der Waals surface area contributed by atoms with Gasteiger partial charge in [0.25, 0.3) is 0 Å². The lowest BCUT2D eigenvalue weighted by Crippen LogP contribution is -2.31. The molecule has 19 heavy (non-hydrogen) atoms. The smallest absolute Gasteiger partial charge is 0.248 e. The number of rotatable bonds is 7. The summed E-state index contributed by atoms with van der Waals surface area (Å²) in [4.78, 5) is 22.7. The Morgan fingerprint density at radius 3 is 2.74 bits per heavy atom. The van der Waals surface area contributed by atoms with E-state index in [1.165, 1.54) is 0 Å². The van der Waals surface area contributed by atoms with Crippen LogP contribution in [0.25, 0.3) is 0 Å². The number of carbonyl (C=O) groups is 2. The molecule has 1 atom stereocenters. The van der Waals surface area contributed by atoms with E-state index in [0.717, 1.165) is 18.4 Å². The van der Waals surface area contributed by atoms with Gasteiger partial charge in [-0.1, -0.05) is 25.5 Å². The molecular formula is C14H21N3O2. The maximum absolute atomic E-state index is 11.6. The summed E-state index contributed by atoms with van der Waals surface area (Å²) in [6.07, 6.45) is 2.13. The molecule has 0 fully saturated rings. The van der Waals surface area contributed by atoms with Crippen LogP contribution in [0.15, 0.2) is 24.3 Å². The van der Waals surface area contributed by atoms with Crippen LogP contribution in [-0.4, -0.2) is 17.9 Å². The van der Waals surface area contributed by atoms with Gasteiger partial charge in [-0.3, -0.25) is 9.59 Å². The lowest BCUT2D eigenvalue weighted by Gasteiger charge is -2.10. The van der Waals surface area contributed by atoms with Crippen LogP contribution in [0.4, 0.5) is 0 Å². The zero-order valence-electron chi connectivity index (χ0n) is 11.2. The van der Waals surface area contributed by atoms with Crippen LogP contribution in [0.2, 0.25) is 0 Å². The van der Waals surface area contributed by atoms with Gasteiger partial charge >= 0.3 is 0 Å². The predicted octanol–water partition coefficient (Wildman–Crippen LogP) is 0.919. The summed E-state index contributed by atoms with van der Waals surface area (Å²) in [5, 5.41) is 2.78. The minimum absolute atomic E-state index is 0.0783. The van der Waals surface area contributed by atoms with Crippen LogP contribution in [-0.2, 0) is 11.3 Å². The van der Waals surface area contributed by atoms with Gasteiger partial charge in [0.05, 0.1) is 0 Å². The van der Waals surface area contributed by atoms with E-state index in [9.17, 15) is 9.59 Å². The molecule has 0 bridgehead atoms. The highest BCUT2D eigenvalue weighted by Gasteiger charge is 2.08. The molecule has 104 valence electrons. The summed E-state index contributed by atoms with van der Waals surface area (Å²) < 4.78 is 0. The van der Waals surface area contributed by atoms with E-state index < -0.39 is 5.91 Å². The Kier molecular flexibility index (Phi) is 6.02. The van der Waals surface area contributed by atoms with Crippen molar-refractivity contribution in [3.63, 3.8) is 0 Å². The molecule has 0 heterocycles. The third kappa shape index (κ3) is 5.52. The third-order valence-corrected chi connectivity index (χ3v) is 2.81. The van der Waals surface area contributed by atoms with Crippen LogP contribution >= 0.6 is 0 Å². The molecule has 0 aromatic heterocycles. The van der Waals surface area contributed by atoms with E-state index >= 15 is 0 Å². The van der Waals surface area contributed by atoms with Crippen molar-refractivity contribution in [2.75, 3.05) is 0 Å². The Morgan fingerprint density at radius 2 is 2.11 bits per heavy atom. The number of hydrogen-bond donors (Lipinski definition) is 3. The minimum atomic E-state index is -0.474. The third-order valence-electron chi connectivity index (χ3n) is 2.81. The standard InChI is InChI=1S/C14H21N3O2/c1-2-4-12(15)8-13(18)17-9-10-5-3-6-11(7-10)14(16)19/h3,5-7,12H,2,4,8-9,15H2,1H3,(H2,16,19)(H,17,18). The summed E-state index contributed by atoms with van der Waals surface area (Å²) in [6.45, 7) is 2.41. The zero-order chi connectivity index (χ0) is 14.3. The largest absolute Gasteiger partial charge is 0.366 e. The van der Waals surface area contributed by atoms with Crippen molar-refractivity contribution in [3.05, 3.63) is 35.4 Å². The van der Waals surface area contributed by atoms with Crippen LogP contribution in [0.5, 0.6) is 0 Å². The second-order valence-electron chi connectivity index (χ2n) is 4.59. The van der Waals surface area contributed by atoms with Gasteiger partial charge in [0.15, 0.2) is 0 Å². The number of amides is 2. The van der Waals surface area contributed by atoms with Gasteiger partial charge in [0.1, 0.15) is 0 Å². The maximum atomic E-state index is 11.6. The molecule has 2 amide bonds. The van der Waals surface area contributed by atoms with Crippen molar-refractivity contribution in [3.8, 4) is 0 Å². The molecule has 0 spiro atoms. The Hall–Kier alpha value is -1.88. The summed E-state index contributed by atoms with van der Waals surface area (Å²) in [7, 11) is 0. The molecule has 5 heteroatoms. The van der Waals surface area contributed by atoms with E-state index in [-0.39, 0.29) is 11.9 Å². The SMILES string of the molecule is CCCC(N)CC(=O)NCc1cccc(C(N)=O)c1. The highest BCUT2D eigenvalue weighted by molar-refractivity contribution is 5.92. The first-order chi connectivity index (χ1) is 9.02. The van der Waals surface area contributed by atoms with Gasteiger partial charge < -0.3 is 16.8 Å². The quantitative estimate of drug-likeness (QED) is 0.682. The lowest BCUT2D eigenvalue weighted by atomic mass is 10.1. The van der Waals surface area contributed by atoms with Gasteiger partial charge in [0.2, 0.25) is 11.8 Å². The average molecular weight is 263 g/mol. The van der Waals surface area contributed by atoms with Crippen molar-refractivity contribution in [2.24, 2.45) is 11.5 Å². The highest BCUT2D eigenvalue weighted by atomic mass is 16.1. The second-order valence-corrected chi connectivity index (χ2v) is 4.59. The second kappa shape index (κ2) is 7.53. The van der Waals surface area contributed by atoms with Gasteiger partial charge in [-0.05, 0) is 24.1 Å². The minimum Gasteiger partial charge on any atom is -0.366 e. The Balaban J connectivity index is 2.46. The molecule has 0 radical (unpaired) electrons. The van der Waals surface area contributed by atoms with Crippen molar-refractivity contribution in [1.29, 1.82) is 0 Å². The molecule has 0 aliphatic heterocycles. The molecule has 0 aliphatic carbocycles. The van der Waals surface area contributed by atoms with E-state index in [2.05, 4.69) is 5.32 Å². The molecule has 1 aromatic rings. The molecule has 0 saturated heterocycles. The number of primary amides is 1.